The minimum absolute atomic E-state index is 0.0222. The maximum Gasteiger partial charge on any atom is 0.273 e. The van der Waals surface area contributed by atoms with Crippen LogP contribution in [-0.4, -0.2) is 25.9 Å². The summed E-state index contributed by atoms with van der Waals surface area (Å²) in [6, 6.07) is 20.3. The molecule has 0 spiro atoms. The molecule has 5 rings (SSSR count). The van der Waals surface area contributed by atoms with Crippen molar-refractivity contribution < 1.29 is 9.72 Å². The van der Waals surface area contributed by atoms with E-state index in [2.05, 4.69) is 10.2 Å². The van der Waals surface area contributed by atoms with Crippen molar-refractivity contribution in [1.29, 1.82) is 0 Å². The van der Waals surface area contributed by atoms with Crippen LogP contribution in [0.25, 0.3) is 11.3 Å². The highest BCUT2D eigenvalue weighted by Crippen LogP contribution is 2.44. The zero-order valence-corrected chi connectivity index (χ0v) is 18.5. The Bertz CT molecular complexity index is 1370. The number of carbonyl (C=O) groups is 1. The number of nitro benzene ring substituents is 1. The number of carbonyl (C=O) groups excluding carboxylic acids is 1. The van der Waals surface area contributed by atoms with Crippen molar-refractivity contribution in [3.63, 3.8) is 0 Å². The molecule has 0 aliphatic carbocycles. The standard InChI is InChI=1S/C24H16Cl2N4O3/c25-17-9-5-14(6-10-17)21-20-22(28-27-21)24(31)29(13-16-3-1-2-4-19(16)26)23(20)15-7-11-18(12-8-15)30(32)33/h1-12,23H,13H2,(H,27,28). The Kier molecular flexibility index (Phi) is 5.36. The van der Waals surface area contributed by atoms with Crippen LogP contribution in [0.1, 0.15) is 33.2 Å². The summed E-state index contributed by atoms with van der Waals surface area (Å²) in [5.41, 5.74) is 4.03. The first-order valence-electron chi connectivity index (χ1n) is 10.1. The first-order chi connectivity index (χ1) is 15.9. The van der Waals surface area contributed by atoms with E-state index >= 15 is 0 Å². The zero-order chi connectivity index (χ0) is 23.1. The van der Waals surface area contributed by atoms with E-state index in [1.54, 1.807) is 35.2 Å². The average molecular weight is 479 g/mol. The first-order valence-corrected chi connectivity index (χ1v) is 10.8. The number of aromatic nitrogens is 2. The summed E-state index contributed by atoms with van der Waals surface area (Å²) in [5.74, 6) is -0.221. The molecular formula is C24H16Cl2N4O3. The van der Waals surface area contributed by atoms with E-state index in [9.17, 15) is 14.9 Å². The number of halogens is 2. The van der Waals surface area contributed by atoms with Crippen molar-refractivity contribution in [2.45, 2.75) is 12.6 Å². The van der Waals surface area contributed by atoms with E-state index in [-0.39, 0.29) is 18.1 Å². The van der Waals surface area contributed by atoms with Crippen LogP contribution in [0.15, 0.2) is 72.8 Å². The number of nitrogens with one attached hydrogen (secondary N) is 1. The van der Waals surface area contributed by atoms with Crippen LogP contribution < -0.4 is 0 Å². The molecule has 4 aromatic rings. The lowest BCUT2D eigenvalue weighted by Gasteiger charge is -2.27. The third kappa shape index (κ3) is 3.75. The Morgan fingerprint density at radius 1 is 1.00 bits per heavy atom. The molecular weight excluding hydrogens is 463 g/mol. The fourth-order valence-electron chi connectivity index (χ4n) is 4.12. The van der Waals surface area contributed by atoms with E-state index in [1.807, 2.05) is 30.3 Å². The number of H-pyrrole nitrogens is 1. The van der Waals surface area contributed by atoms with E-state index in [0.717, 1.165) is 16.7 Å². The quantitative estimate of drug-likeness (QED) is 0.279. The van der Waals surface area contributed by atoms with Gasteiger partial charge in [0.2, 0.25) is 0 Å². The molecule has 1 aliphatic heterocycles. The van der Waals surface area contributed by atoms with E-state index in [1.165, 1.54) is 12.1 Å². The van der Waals surface area contributed by atoms with Crippen molar-refractivity contribution in [2.75, 3.05) is 0 Å². The lowest BCUT2D eigenvalue weighted by molar-refractivity contribution is -0.384. The van der Waals surface area contributed by atoms with E-state index < -0.39 is 11.0 Å². The summed E-state index contributed by atoms with van der Waals surface area (Å²) in [6.07, 6.45) is 0. The summed E-state index contributed by atoms with van der Waals surface area (Å²) in [7, 11) is 0. The molecule has 0 saturated carbocycles. The van der Waals surface area contributed by atoms with Gasteiger partial charge in [-0.25, -0.2) is 0 Å². The van der Waals surface area contributed by atoms with Crippen LogP contribution in [0.2, 0.25) is 10.0 Å². The van der Waals surface area contributed by atoms with Crippen LogP contribution in [0.3, 0.4) is 0 Å². The second-order valence-corrected chi connectivity index (χ2v) is 8.49. The fraction of sp³-hybridized carbons (Fsp3) is 0.0833. The van der Waals surface area contributed by atoms with E-state index in [4.69, 9.17) is 23.2 Å². The SMILES string of the molecule is O=C1c2[nH]nc(-c3ccc(Cl)cc3)c2C(c2ccc([N+](=O)[O-])cc2)N1Cc1ccccc1Cl. The largest absolute Gasteiger partial charge is 0.322 e. The normalized spacial score (nSPS) is 15.0. The summed E-state index contributed by atoms with van der Waals surface area (Å²) >= 11 is 12.4. The lowest BCUT2D eigenvalue weighted by Crippen LogP contribution is -2.29. The van der Waals surface area contributed by atoms with Gasteiger partial charge in [0.15, 0.2) is 0 Å². The van der Waals surface area contributed by atoms with Crippen LogP contribution in [0.5, 0.6) is 0 Å². The minimum atomic E-state index is -0.506. The van der Waals surface area contributed by atoms with Gasteiger partial charge in [-0.3, -0.25) is 20.0 Å². The van der Waals surface area contributed by atoms with Gasteiger partial charge in [0.1, 0.15) is 5.69 Å². The van der Waals surface area contributed by atoms with Crippen molar-refractivity contribution >= 4 is 34.8 Å². The molecule has 1 amide bonds. The molecule has 1 aromatic heterocycles. The number of non-ortho nitro benzene ring substituents is 1. The number of amides is 1. The fourth-order valence-corrected chi connectivity index (χ4v) is 4.44. The number of nitrogens with zero attached hydrogens (tertiary/aromatic N) is 3. The van der Waals surface area contributed by atoms with E-state index in [0.29, 0.717) is 27.0 Å². The molecule has 1 unspecified atom stereocenters. The number of aromatic amines is 1. The predicted octanol–water partition coefficient (Wildman–Crippen LogP) is 6.04. The van der Waals surface area contributed by atoms with Crippen LogP contribution in [-0.2, 0) is 6.54 Å². The molecule has 7 nitrogen and oxygen atoms in total. The molecule has 9 heteroatoms. The van der Waals surface area contributed by atoms with Crippen molar-refractivity contribution in [1.82, 2.24) is 15.1 Å². The topological polar surface area (TPSA) is 92.1 Å². The smallest absolute Gasteiger partial charge is 0.273 e. The third-order valence-corrected chi connectivity index (χ3v) is 6.32. The zero-order valence-electron chi connectivity index (χ0n) is 17.0. The van der Waals surface area contributed by atoms with Crippen LogP contribution >= 0.6 is 23.2 Å². The monoisotopic (exact) mass is 478 g/mol. The highest BCUT2D eigenvalue weighted by Gasteiger charge is 2.42. The van der Waals surface area contributed by atoms with Gasteiger partial charge >= 0.3 is 0 Å². The Hall–Kier alpha value is -3.68. The molecule has 1 aliphatic rings. The van der Waals surface area contributed by atoms with Gasteiger partial charge in [0.05, 0.1) is 16.7 Å². The van der Waals surface area contributed by atoms with Gasteiger partial charge in [0, 0.05) is 39.8 Å². The van der Waals surface area contributed by atoms with Gasteiger partial charge in [-0.2, -0.15) is 5.10 Å². The maximum absolute atomic E-state index is 13.5. The number of rotatable bonds is 5. The molecule has 0 saturated heterocycles. The molecule has 2 heterocycles. The van der Waals surface area contributed by atoms with Gasteiger partial charge in [-0.1, -0.05) is 53.5 Å². The Morgan fingerprint density at radius 3 is 2.36 bits per heavy atom. The number of hydrogen-bond donors (Lipinski definition) is 1. The second kappa shape index (κ2) is 8.35. The molecule has 3 aromatic carbocycles. The minimum Gasteiger partial charge on any atom is -0.322 e. The molecule has 33 heavy (non-hydrogen) atoms. The Balaban J connectivity index is 1.65. The summed E-state index contributed by atoms with van der Waals surface area (Å²) < 4.78 is 0. The first kappa shape index (κ1) is 21.2. The molecule has 0 radical (unpaired) electrons. The number of fused-ring (bicyclic) bond motifs is 1. The lowest BCUT2D eigenvalue weighted by atomic mass is 9.95. The maximum atomic E-state index is 13.5. The van der Waals surface area contributed by atoms with Gasteiger partial charge in [-0.05, 0) is 41.5 Å². The molecule has 0 fully saturated rings. The summed E-state index contributed by atoms with van der Waals surface area (Å²) in [6.45, 7) is 0.267. The highest BCUT2D eigenvalue weighted by atomic mass is 35.5. The number of nitro groups is 1. The Labute approximate surface area is 198 Å². The second-order valence-electron chi connectivity index (χ2n) is 7.64. The number of hydrogen-bond acceptors (Lipinski definition) is 4. The molecule has 1 atom stereocenters. The van der Waals surface area contributed by atoms with Crippen molar-refractivity contribution in [3.8, 4) is 11.3 Å². The van der Waals surface area contributed by atoms with Gasteiger partial charge in [0.25, 0.3) is 11.6 Å². The predicted molar refractivity (Wildman–Crippen MR) is 125 cm³/mol. The average Bonchev–Trinajstić information content (AvgIpc) is 3.35. The van der Waals surface area contributed by atoms with Gasteiger partial charge in [-0.15, -0.1) is 0 Å². The molecule has 164 valence electrons. The summed E-state index contributed by atoms with van der Waals surface area (Å²) in [4.78, 5) is 25.9. The van der Waals surface area contributed by atoms with Crippen molar-refractivity contribution in [2.24, 2.45) is 0 Å². The number of benzene rings is 3. The van der Waals surface area contributed by atoms with Crippen LogP contribution in [0.4, 0.5) is 5.69 Å². The van der Waals surface area contributed by atoms with Gasteiger partial charge < -0.3 is 4.90 Å². The summed E-state index contributed by atoms with van der Waals surface area (Å²) in [5, 5.41) is 19.6. The Morgan fingerprint density at radius 2 is 1.70 bits per heavy atom. The van der Waals surface area contributed by atoms with Crippen molar-refractivity contribution in [3.05, 3.63) is 115 Å². The molecule has 1 N–H and O–H groups in total. The third-order valence-electron chi connectivity index (χ3n) is 5.70. The molecule has 0 bridgehead atoms. The van der Waals surface area contributed by atoms with Crippen LogP contribution in [0, 0.1) is 10.1 Å². The highest BCUT2D eigenvalue weighted by molar-refractivity contribution is 6.31.